The first-order chi connectivity index (χ1) is 17.3. The molecule has 1 aliphatic heterocycles. The fraction of sp³-hybridized carbons (Fsp3) is 0.417. The van der Waals surface area contributed by atoms with Crippen molar-refractivity contribution in [3.63, 3.8) is 0 Å². The molecule has 0 atom stereocenters. The standard InChI is InChI=1S/C24H27F3N2O7S/c1-29(2)22(30)16-4-6-20(19(12-16)24(25,26)27)28-37(32,33)17-5-7-21(18(13-17)23(31)34-3)36-14-15-8-10-35-11-9-15/h4-7,12-13,15,28H,8-11,14H2,1-3H3. The Bertz CT molecular complexity index is 1260. The molecule has 1 fully saturated rings. The predicted octanol–water partition coefficient (Wildman–Crippen LogP) is 3.80. The third kappa shape index (κ3) is 6.92. The molecular weight excluding hydrogens is 517 g/mol. The molecule has 0 radical (unpaired) electrons. The van der Waals surface area contributed by atoms with Crippen LogP contribution in [-0.2, 0) is 25.7 Å². The molecule has 1 N–H and O–H groups in total. The van der Waals surface area contributed by atoms with E-state index in [1.165, 1.54) is 20.2 Å². The number of benzene rings is 2. The molecule has 3 rings (SSSR count). The minimum atomic E-state index is -4.96. The van der Waals surface area contributed by atoms with Gasteiger partial charge in [-0.3, -0.25) is 9.52 Å². The molecule has 202 valence electrons. The molecule has 9 nitrogen and oxygen atoms in total. The number of rotatable bonds is 8. The summed E-state index contributed by atoms with van der Waals surface area (Å²) in [4.78, 5) is 25.1. The van der Waals surface area contributed by atoms with Gasteiger partial charge in [0.15, 0.2) is 0 Å². The molecule has 1 heterocycles. The molecule has 0 aromatic heterocycles. The van der Waals surface area contributed by atoms with E-state index in [-0.39, 0.29) is 29.4 Å². The van der Waals surface area contributed by atoms with Gasteiger partial charge in [-0.05, 0) is 55.2 Å². The van der Waals surface area contributed by atoms with Crippen LogP contribution in [0.5, 0.6) is 5.75 Å². The largest absolute Gasteiger partial charge is 0.492 e. The van der Waals surface area contributed by atoms with E-state index in [1.54, 1.807) is 0 Å². The topological polar surface area (TPSA) is 111 Å². The maximum absolute atomic E-state index is 13.7. The van der Waals surface area contributed by atoms with Crippen molar-refractivity contribution in [1.82, 2.24) is 4.90 Å². The number of halogens is 3. The number of amides is 1. The van der Waals surface area contributed by atoms with Gasteiger partial charge in [-0.15, -0.1) is 0 Å². The van der Waals surface area contributed by atoms with Crippen molar-refractivity contribution >= 4 is 27.6 Å². The third-order valence-corrected chi connectivity index (χ3v) is 7.07. The molecule has 2 aromatic rings. The molecule has 2 aromatic carbocycles. The van der Waals surface area contributed by atoms with E-state index in [2.05, 4.69) is 0 Å². The third-order valence-electron chi connectivity index (χ3n) is 5.70. The average Bonchev–Trinajstić information content (AvgIpc) is 2.86. The lowest BCUT2D eigenvalue weighted by atomic mass is 10.0. The van der Waals surface area contributed by atoms with Gasteiger partial charge < -0.3 is 19.1 Å². The zero-order valence-electron chi connectivity index (χ0n) is 20.4. The maximum Gasteiger partial charge on any atom is 0.418 e. The van der Waals surface area contributed by atoms with E-state index >= 15 is 0 Å². The molecule has 1 aliphatic rings. The molecule has 1 amide bonds. The number of alkyl halides is 3. The first-order valence-corrected chi connectivity index (χ1v) is 12.7. The van der Waals surface area contributed by atoms with Crippen molar-refractivity contribution in [3.8, 4) is 5.75 Å². The van der Waals surface area contributed by atoms with Gasteiger partial charge in [0.1, 0.15) is 11.3 Å². The molecule has 0 bridgehead atoms. The van der Waals surface area contributed by atoms with Crippen LogP contribution >= 0.6 is 0 Å². The lowest BCUT2D eigenvalue weighted by Crippen LogP contribution is -2.23. The van der Waals surface area contributed by atoms with Crippen LogP contribution < -0.4 is 9.46 Å². The Morgan fingerprint density at radius 1 is 1.11 bits per heavy atom. The zero-order valence-corrected chi connectivity index (χ0v) is 21.2. The SMILES string of the molecule is COC(=O)c1cc(S(=O)(=O)Nc2ccc(C(=O)N(C)C)cc2C(F)(F)F)ccc1OCC1CCOCC1. The highest BCUT2D eigenvalue weighted by atomic mass is 32.2. The summed E-state index contributed by atoms with van der Waals surface area (Å²) in [7, 11) is -0.726. The predicted molar refractivity (Wildman–Crippen MR) is 127 cm³/mol. The smallest absolute Gasteiger partial charge is 0.418 e. The Labute approximate surface area is 212 Å². The second-order valence-corrected chi connectivity index (χ2v) is 10.3. The van der Waals surface area contributed by atoms with Crippen LogP contribution in [0.4, 0.5) is 18.9 Å². The summed E-state index contributed by atoms with van der Waals surface area (Å²) in [6.45, 7) is 1.44. The monoisotopic (exact) mass is 544 g/mol. The number of hydrogen-bond donors (Lipinski definition) is 1. The number of methoxy groups -OCH3 is 1. The molecular formula is C24H27F3N2O7S. The van der Waals surface area contributed by atoms with Crippen molar-refractivity contribution in [1.29, 1.82) is 0 Å². The van der Waals surface area contributed by atoms with Crippen LogP contribution in [0.3, 0.4) is 0 Å². The van der Waals surface area contributed by atoms with E-state index in [4.69, 9.17) is 14.2 Å². The fourth-order valence-electron chi connectivity index (χ4n) is 3.65. The summed E-state index contributed by atoms with van der Waals surface area (Å²) < 4.78 is 84.9. The number of nitrogens with zero attached hydrogens (tertiary/aromatic N) is 1. The van der Waals surface area contributed by atoms with Crippen molar-refractivity contribution in [2.45, 2.75) is 23.9 Å². The summed E-state index contributed by atoms with van der Waals surface area (Å²) in [6, 6.07) is 5.87. The highest BCUT2D eigenvalue weighted by Crippen LogP contribution is 2.37. The Morgan fingerprint density at radius 3 is 2.38 bits per heavy atom. The summed E-state index contributed by atoms with van der Waals surface area (Å²) in [5.74, 6) is -1.28. The van der Waals surface area contributed by atoms with E-state index in [0.29, 0.717) is 19.3 Å². The second-order valence-electron chi connectivity index (χ2n) is 8.58. The Kier molecular flexibility index (Phi) is 8.69. The average molecular weight is 545 g/mol. The van der Waals surface area contributed by atoms with Crippen LogP contribution in [-0.4, -0.2) is 66.2 Å². The normalized spacial score (nSPS) is 14.6. The van der Waals surface area contributed by atoms with E-state index in [1.807, 2.05) is 4.72 Å². The van der Waals surface area contributed by atoms with Gasteiger partial charge in [-0.2, -0.15) is 13.2 Å². The molecule has 1 saturated heterocycles. The number of hydrogen-bond acceptors (Lipinski definition) is 7. The van der Waals surface area contributed by atoms with Crippen LogP contribution in [0.15, 0.2) is 41.3 Å². The van der Waals surface area contributed by atoms with Gasteiger partial charge in [0, 0.05) is 32.9 Å². The Morgan fingerprint density at radius 2 is 1.78 bits per heavy atom. The van der Waals surface area contributed by atoms with E-state index in [0.717, 1.165) is 49.1 Å². The van der Waals surface area contributed by atoms with Crippen molar-refractivity contribution in [3.05, 3.63) is 53.1 Å². The number of ether oxygens (including phenoxy) is 3. The minimum absolute atomic E-state index is 0.0832. The maximum atomic E-state index is 13.7. The number of esters is 1. The van der Waals surface area contributed by atoms with Crippen LogP contribution in [0.25, 0.3) is 0 Å². The number of anilines is 1. The van der Waals surface area contributed by atoms with Gasteiger partial charge in [0.2, 0.25) is 0 Å². The molecule has 37 heavy (non-hydrogen) atoms. The first-order valence-electron chi connectivity index (χ1n) is 11.2. The number of carbonyl (C=O) groups excluding carboxylic acids is 2. The van der Waals surface area contributed by atoms with Gasteiger partial charge in [0.25, 0.3) is 15.9 Å². The van der Waals surface area contributed by atoms with Crippen LogP contribution in [0.2, 0.25) is 0 Å². The molecule has 0 unspecified atom stereocenters. The molecule has 13 heteroatoms. The summed E-state index contributed by atoms with van der Waals surface area (Å²) in [6.07, 6.45) is -3.42. The van der Waals surface area contributed by atoms with Crippen molar-refractivity contribution < 1.29 is 45.4 Å². The number of carbonyl (C=O) groups is 2. The minimum Gasteiger partial charge on any atom is -0.492 e. The molecule has 0 aliphatic carbocycles. The first kappa shape index (κ1) is 28.3. The summed E-state index contributed by atoms with van der Waals surface area (Å²) >= 11 is 0. The second kappa shape index (κ2) is 11.4. The van der Waals surface area contributed by atoms with Crippen LogP contribution in [0.1, 0.15) is 39.1 Å². The summed E-state index contributed by atoms with van der Waals surface area (Å²) in [5, 5.41) is 0. The summed E-state index contributed by atoms with van der Waals surface area (Å²) in [5.41, 5.74) is -2.57. The number of nitrogens with one attached hydrogen (secondary N) is 1. The zero-order chi connectivity index (χ0) is 27.4. The molecule has 0 saturated carbocycles. The number of sulfonamides is 1. The quantitative estimate of drug-likeness (QED) is 0.504. The van der Waals surface area contributed by atoms with Crippen LogP contribution in [0, 0.1) is 5.92 Å². The van der Waals surface area contributed by atoms with E-state index < -0.39 is 44.2 Å². The van der Waals surface area contributed by atoms with Gasteiger partial charge in [-0.25, -0.2) is 13.2 Å². The molecule has 0 spiro atoms. The van der Waals surface area contributed by atoms with Gasteiger partial charge in [-0.1, -0.05) is 0 Å². The highest BCUT2D eigenvalue weighted by molar-refractivity contribution is 7.92. The van der Waals surface area contributed by atoms with Crippen molar-refractivity contribution in [2.75, 3.05) is 45.7 Å². The Balaban J connectivity index is 1.93. The van der Waals surface area contributed by atoms with Crippen molar-refractivity contribution in [2.24, 2.45) is 5.92 Å². The van der Waals surface area contributed by atoms with Gasteiger partial charge in [0.05, 0.1) is 29.9 Å². The highest BCUT2D eigenvalue weighted by Gasteiger charge is 2.36. The fourth-order valence-corrected chi connectivity index (χ4v) is 4.76. The lowest BCUT2D eigenvalue weighted by molar-refractivity contribution is -0.136. The lowest BCUT2D eigenvalue weighted by Gasteiger charge is -2.22. The Hall–Kier alpha value is -3.32. The van der Waals surface area contributed by atoms with Gasteiger partial charge >= 0.3 is 12.1 Å². The van der Waals surface area contributed by atoms with E-state index in [9.17, 15) is 31.2 Å².